The lowest BCUT2D eigenvalue weighted by molar-refractivity contribution is 0.0947. The van der Waals surface area contributed by atoms with E-state index in [2.05, 4.69) is 29.4 Å². The molecule has 0 saturated carbocycles. The molecule has 1 amide bonds. The van der Waals surface area contributed by atoms with Crippen LogP contribution in [0.1, 0.15) is 35.2 Å². The standard InChI is InChI=1S/C17H20N2OS/c1-3-13(14-8-5-4-6-9-14)12-19-16(20)15-10-7-11-18-17(15)21-2/h4-11,13H,3,12H2,1-2H3,(H,19,20)/t13-/m0/s1. The summed E-state index contributed by atoms with van der Waals surface area (Å²) in [5.41, 5.74) is 1.91. The highest BCUT2D eigenvalue weighted by Gasteiger charge is 2.14. The summed E-state index contributed by atoms with van der Waals surface area (Å²) in [6, 6.07) is 13.9. The van der Waals surface area contributed by atoms with E-state index >= 15 is 0 Å². The number of nitrogens with zero attached hydrogens (tertiary/aromatic N) is 1. The van der Waals surface area contributed by atoms with Crippen molar-refractivity contribution in [2.45, 2.75) is 24.3 Å². The molecule has 1 aromatic heterocycles. The van der Waals surface area contributed by atoms with Crippen LogP contribution in [-0.2, 0) is 0 Å². The fraction of sp³-hybridized carbons (Fsp3) is 0.294. The normalized spacial score (nSPS) is 11.9. The van der Waals surface area contributed by atoms with E-state index in [1.165, 1.54) is 17.3 Å². The van der Waals surface area contributed by atoms with Crippen LogP contribution < -0.4 is 5.32 Å². The molecule has 0 unspecified atom stereocenters. The average Bonchev–Trinajstić information content (AvgIpc) is 2.56. The van der Waals surface area contributed by atoms with Gasteiger partial charge in [-0.25, -0.2) is 4.98 Å². The summed E-state index contributed by atoms with van der Waals surface area (Å²) in [7, 11) is 0. The molecule has 0 saturated heterocycles. The fourth-order valence-electron chi connectivity index (χ4n) is 2.26. The molecule has 4 heteroatoms. The maximum atomic E-state index is 12.3. The summed E-state index contributed by atoms with van der Waals surface area (Å²) in [5, 5.41) is 3.80. The van der Waals surface area contributed by atoms with E-state index in [1.807, 2.05) is 30.5 Å². The Hall–Kier alpha value is -1.81. The lowest BCUT2D eigenvalue weighted by atomic mass is 9.96. The number of rotatable bonds is 6. The zero-order valence-electron chi connectivity index (χ0n) is 12.4. The van der Waals surface area contributed by atoms with E-state index in [1.54, 1.807) is 12.3 Å². The van der Waals surface area contributed by atoms with Gasteiger partial charge < -0.3 is 5.32 Å². The summed E-state index contributed by atoms with van der Waals surface area (Å²) in [4.78, 5) is 16.5. The molecule has 1 atom stereocenters. The molecule has 0 radical (unpaired) electrons. The molecule has 0 fully saturated rings. The van der Waals surface area contributed by atoms with Gasteiger partial charge in [0.05, 0.1) is 5.56 Å². The van der Waals surface area contributed by atoms with Crippen LogP contribution in [0.25, 0.3) is 0 Å². The number of nitrogens with one attached hydrogen (secondary N) is 1. The third-order valence-electron chi connectivity index (χ3n) is 3.48. The van der Waals surface area contributed by atoms with Crippen LogP contribution in [-0.4, -0.2) is 23.7 Å². The van der Waals surface area contributed by atoms with E-state index in [0.29, 0.717) is 18.0 Å². The smallest absolute Gasteiger partial charge is 0.254 e. The minimum atomic E-state index is -0.0539. The van der Waals surface area contributed by atoms with E-state index in [-0.39, 0.29) is 5.91 Å². The molecule has 3 nitrogen and oxygen atoms in total. The topological polar surface area (TPSA) is 42.0 Å². The molecule has 2 aromatic rings. The van der Waals surface area contributed by atoms with E-state index < -0.39 is 0 Å². The van der Waals surface area contributed by atoms with Crippen LogP contribution in [0.4, 0.5) is 0 Å². The summed E-state index contributed by atoms with van der Waals surface area (Å²) < 4.78 is 0. The zero-order valence-corrected chi connectivity index (χ0v) is 13.2. The number of carbonyl (C=O) groups excluding carboxylic acids is 1. The van der Waals surface area contributed by atoms with E-state index in [9.17, 15) is 4.79 Å². The first kappa shape index (κ1) is 15.6. The molecule has 1 N–H and O–H groups in total. The lowest BCUT2D eigenvalue weighted by Crippen LogP contribution is -2.28. The van der Waals surface area contributed by atoms with Crippen molar-refractivity contribution in [1.29, 1.82) is 0 Å². The SMILES string of the molecule is CC[C@@H](CNC(=O)c1cccnc1SC)c1ccccc1. The number of benzene rings is 1. The van der Waals surface area contributed by atoms with Gasteiger partial charge in [0.15, 0.2) is 0 Å². The Morgan fingerprint density at radius 1 is 1.24 bits per heavy atom. The highest BCUT2D eigenvalue weighted by molar-refractivity contribution is 7.98. The second-order valence-corrected chi connectivity index (χ2v) is 5.58. The quantitative estimate of drug-likeness (QED) is 0.827. The largest absolute Gasteiger partial charge is 0.351 e. The molecule has 21 heavy (non-hydrogen) atoms. The van der Waals surface area contributed by atoms with Gasteiger partial charge >= 0.3 is 0 Å². The molecule has 110 valence electrons. The summed E-state index contributed by atoms with van der Waals surface area (Å²) in [6.07, 6.45) is 4.63. The second-order valence-electron chi connectivity index (χ2n) is 4.79. The summed E-state index contributed by atoms with van der Waals surface area (Å²) in [5.74, 6) is 0.284. The predicted molar refractivity (Wildman–Crippen MR) is 87.8 cm³/mol. The molecule has 0 aliphatic heterocycles. The first-order chi connectivity index (χ1) is 10.3. The predicted octanol–water partition coefficient (Wildman–Crippen LogP) is 3.73. The number of aromatic nitrogens is 1. The van der Waals surface area contributed by atoms with Gasteiger partial charge in [-0.1, -0.05) is 37.3 Å². The minimum absolute atomic E-state index is 0.0539. The van der Waals surface area contributed by atoms with Crippen LogP contribution in [0.5, 0.6) is 0 Å². The Morgan fingerprint density at radius 3 is 2.67 bits per heavy atom. The van der Waals surface area contributed by atoms with Crippen molar-refractivity contribution < 1.29 is 4.79 Å². The Kier molecular flexibility index (Phi) is 5.81. The van der Waals surface area contributed by atoms with Gasteiger partial charge in [-0.3, -0.25) is 4.79 Å². The number of carbonyl (C=O) groups is 1. The van der Waals surface area contributed by atoms with Gasteiger partial charge in [0.25, 0.3) is 5.91 Å². The Bertz CT molecular complexity index is 586. The number of hydrogen-bond donors (Lipinski definition) is 1. The third-order valence-corrected chi connectivity index (χ3v) is 4.19. The van der Waals surface area contributed by atoms with Crippen molar-refractivity contribution in [3.8, 4) is 0 Å². The molecule has 1 aromatic carbocycles. The van der Waals surface area contributed by atoms with Crippen LogP contribution in [0, 0.1) is 0 Å². The highest BCUT2D eigenvalue weighted by atomic mass is 32.2. The van der Waals surface area contributed by atoms with Crippen LogP contribution in [0.3, 0.4) is 0 Å². The minimum Gasteiger partial charge on any atom is -0.351 e. The monoisotopic (exact) mass is 300 g/mol. The molecule has 0 aliphatic rings. The van der Waals surface area contributed by atoms with Crippen molar-refractivity contribution in [2.24, 2.45) is 0 Å². The number of thioether (sulfide) groups is 1. The second kappa shape index (κ2) is 7.84. The number of pyridine rings is 1. The first-order valence-corrected chi connectivity index (χ1v) is 8.30. The number of amides is 1. The van der Waals surface area contributed by atoms with Crippen LogP contribution in [0.2, 0.25) is 0 Å². The molecule has 0 aliphatic carbocycles. The van der Waals surface area contributed by atoms with Crippen molar-refractivity contribution in [1.82, 2.24) is 10.3 Å². The van der Waals surface area contributed by atoms with E-state index in [4.69, 9.17) is 0 Å². The molecule has 2 rings (SSSR count). The van der Waals surface area contributed by atoms with Crippen molar-refractivity contribution in [2.75, 3.05) is 12.8 Å². The molecular formula is C17H20N2OS. The Morgan fingerprint density at radius 2 is 2.00 bits per heavy atom. The molecule has 0 bridgehead atoms. The number of hydrogen-bond acceptors (Lipinski definition) is 3. The summed E-state index contributed by atoms with van der Waals surface area (Å²) in [6.45, 7) is 2.78. The van der Waals surface area contributed by atoms with Crippen molar-refractivity contribution >= 4 is 17.7 Å². The van der Waals surface area contributed by atoms with Gasteiger partial charge in [0.2, 0.25) is 0 Å². The van der Waals surface area contributed by atoms with Crippen molar-refractivity contribution in [3.05, 3.63) is 59.8 Å². The Labute approximate surface area is 130 Å². The average molecular weight is 300 g/mol. The van der Waals surface area contributed by atoms with Gasteiger partial charge in [0, 0.05) is 18.7 Å². The van der Waals surface area contributed by atoms with Gasteiger partial charge in [-0.05, 0) is 30.4 Å². The van der Waals surface area contributed by atoms with Crippen molar-refractivity contribution in [3.63, 3.8) is 0 Å². The maximum Gasteiger partial charge on any atom is 0.254 e. The summed E-state index contributed by atoms with van der Waals surface area (Å²) >= 11 is 1.49. The lowest BCUT2D eigenvalue weighted by Gasteiger charge is -2.16. The highest BCUT2D eigenvalue weighted by Crippen LogP contribution is 2.19. The molecule has 1 heterocycles. The van der Waals surface area contributed by atoms with Gasteiger partial charge in [-0.15, -0.1) is 11.8 Å². The molecule has 0 spiro atoms. The first-order valence-electron chi connectivity index (χ1n) is 7.08. The van der Waals surface area contributed by atoms with Crippen LogP contribution >= 0.6 is 11.8 Å². The Balaban J connectivity index is 2.03. The zero-order chi connectivity index (χ0) is 15.1. The van der Waals surface area contributed by atoms with E-state index in [0.717, 1.165) is 11.4 Å². The fourth-order valence-corrected chi connectivity index (χ4v) is 2.81. The van der Waals surface area contributed by atoms with Crippen LogP contribution in [0.15, 0.2) is 53.7 Å². The maximum absolute atomic E-state index is 12.3. The van der Waals surface area contributed by atoms with Gasteiger partial charge in [0.1, 0.15) is 5.03 Å². The van der Waals surface area contributed by atoms with Gasteiger partial charge in [-0.2, -0.15) is 0 Å². The third kappa shape index (κ3) is 4.08. The molecular weight excluding hydrogens is 280 g/mol.